The SMILES string of the molecule is Cc1ccc(N2C(=O)CC3(CCCC3)C2=O)cc1C(=O)O. The Labute approximate surface area is 122 Å². The van der Waals surface area contributed by atoms with E-state index in [0.29, 0.717) is 11.3 Å². The van der Waals surface area contributed by atoms with E-state index in [1.54, 1.807) is 19.1 Å². The van der Waals surface area contributed by atoms with Crippen LogP contribution in [0.3, 0.4) is 0 Å². The minimum atomic E-state index is -1.05. The normalized spacial score (nSPS) is 20.5. The number of aromatic carboxylic acids is 1. The fourth-order valence-corrected chi connectivity index (χ4v) is 3.48. The first-order valence-electron chi connectivity index (χ1n) is 7.16. The van der Waals surface area contributed by atoms with Crippen molar-refractivity contribution in [1.82, 2.24) is 0 Å². The largest absolute Gasteiger partial charge is 0.478 e. The number of nitrogens with zero attached hydrogens (tertiary/aromatic N) is 1. The second-order valence-electron chi connectivity index (χ2n) is 6.00. The van der Waals surface area contributed by atoms with Crippen LogP contribution in [0.1, 0.15) is 48.0 Å². The number of rotatable bonds is 2. The van der Waals surface area contributed by atoms with Crippen molar-refractivity contribution >= 4 is 23.5 Å². The molecule has 1 aromatic carbocycles. The molecule has 1 spiro atoms. The third kappa shape index (κ3) is 2.04. The molecule has 3 rings (SSSR count). The first-order valence-corrected chi connectivity index (χ1v) is 7.16. The van der Waals surface area contributed by atoms with Crippen LogP contribution in [0.15, 0.2) is 18.2 Å². The van der Waals surface area contributed by atoms with E-state index in [1.165, 1.54) is 11.0 Å². The fourth-order valence-electron chi connectivity index (χ4n) is 3.48. The minimum Gasteiger partial charge on any atom is -0.478 e. The number of carbonyl (C=O) groups excluding carboxylic acids is 2. The van der Waals surface area contributed by atoms with E-state index in [4.69, 9.17) is 0 Å². The molecule has 1 heterocycles. The molecule has 110 valence electrons. The highest BCUT2D eigenvalue weighted by molar-refractivity contribution is 6.22. The van der Waals surface area contributed by atoms with Gasteiger partial charge in [-0.1, -0.05) is 18.9 Å². The van der Waals surface area contributed by atoms with Crippen LogP contribution in [0.2, 0.25) is 0 Å². The summed E-state index contributed by atoms with van der Waals surface area (Å²) >= 11 is 0. The number of imide groups is 1. The van der Waals surface area contributed by atoms with Crippen LogP contribution in [-0.4, -0.2) is 22.9 Å². The molecule has 0 aromatic heterocycles. The van der Waals surface area contributed by atoms with Gasteiger partial charge in [0.05, 0.1) is 16.7 Å². The molecule has 0 atom stereocenters. The van der Waals surface area contributed by atoms with Gasteiger partial charge in [0.2, 0.25) is 11.8 Å². The molecule has 5 nitrogen and oxygen atoms in total. The third-order valence-corrected chi connectivity index (χ3v) is 4.67. The Hall–Kier alpha value is -2.17. The van der Waals surface area contributed by atoms with E-state index in [-0.39, 0.29) is 23.8 Å². The summed E-state index contributed by atoms with van der Waals surface area (Å²) in [6.45, 7) is 1.69. The first-order chi connectivity index (χ1) is 9.94. The highest BCUT2D eigenvalue weighted by Crippen LogP contribution is 2.48. The predicted octanol–water partition coefficient (Wildman–Crippen LogP) is 2.52. The average Bonchev–Trinajstić information content (AvgIpc) is 2.98. The van der Waals surface area contributed by atoms with Gasteiger partial charge in [-0.25, -0.2) is 4.79 Å². The van der Waals surface area contributed by atoms with Gasteiger partial charge >= 0.3 is 5.97 Å². The lowest BCUT2D eigenvalue weighted by molar-refractivity contribution is -0.125. The molecule has 0 unspecified atom stereocenters. The van der Waals surface area contributed by atoms with Crippen LogP contribution >= 0.6 is 0 Å². The standard InChI is InChI=1S/C16H17NO4/c1-10-4-5-11(8-12(10)14(19)20)17-13(18)9-16(15(17)21)6-2-3-7-16/h4-5,8H,2-3,6-7,9H2,1H3,(H,19,20). The molecular weight excluding hydrogens is 270 g/mol. The maximum absolute atomic E-state index is 12.7. The summed E-state index contributed by atoms with van der Waals surface area (Å²) in [7, 11) is 0. The Kier molecular flexibility index (Phi) is 3.08. The number of carboxylic acid groups (broad SMARTS) is 1. The van der Waals surface area contributed by atoms with E-state index in [0.717, 1.165) is 25.7 Å². The average molecular weight is 287 g/mol. The molecule has 1 aliphatic heterocycles. The number of aryl methyl sites for hydroxylation is 1. The summed E-state index contributed by atoms with van der Waals surface area (Å²) in [5.74, 6) is -1.43. The second-order valence-corrected chi connectivity index (χ2v) is 6.00. The molecule has 2 amide bonds. The van der Waals surface area contributed by atoms with Crippen molar-refractivity contribution in [2.45, 2.75) is 39.0 Å². The molecular formula is C16H17NO4. The molecule has 1 aromatic rings. The van der Waals surface area contributed by atoms with Crippen molar-refractivity contribution in [3.63, 3.8) is 0 Å². The van der Waals surface area contributed by atoms with Gasteiger partial charge < -0.3 is 5.11 Å². The zero-order chi connectivity index (χ0) is 15.2. The zero-order valence-electron chi connectivity index (χ0n) is 11.9. The summed E-state index contributed by atoms with van der Waals surface area (Å²) in [6.07, 6.45) is 3.71. The van der Waals surface area contributed by atoms with Gasteiger partial charge in [0, 0.05) is 6.42 Å². The Morgan fingerprint density at radius 2 is 1.90 bits per heavy atom. The highest BCUT2D eigenvalue weighted by Gasteiger charge is 2.53. The smallest absolute Gasteiger partial charge is 0.336 e. The summed E-state index contributed by atoms with van der Waals surface area (Å²) < 4.78 is 0. The molecule has 2 aliphatic rings. The number of carboxylic acids is 1. The van der Waals surface area contributed by atoms with Gasteiger partial charge in [-0.2, -0.15) is 0 Å². The Balaban J connectivity index is 2.01. The van der Waals surface area contributed by atoms with Gasteiger partial charge in [-0.3, -0.25) is 14.5 Å². The van der Waals surface area contributed by atoms with E-state index in [2.05, 4.69) is 0 Å². The Bertz CT molecular complexity index is 644. The lowest BCUT2D eigenvalue weighted by Crippen LogP contribution is -2.34. The number of carbonyl (C=O) groups is 3. The van der Waals surface area contributed by atoms with Crippen molar-refractivity contribution in [3.05, 3.63) is 29.3 Å². The maximum atomic E-state index is 12.7. The van der Waals surface area contributed by atoms with Gasteiger partial charge in [0.15, 0.2) is 0 Å². The molecule has 1 saturated heterocycles. The molecule has 5 heteroatoms. The van der Waals surface area contributed by atoms with Crippen molar-refractivity contribution in [1.29, 1.82) is 0 Å². The second kappa shape index (κ2) is 4.69. The van der Waals surface area contributed by atoms with Crippen molar-refractivity contribution < 1.29 is 19.5 Å². The lowest BCUT2D eigenvalue weighted by atomic mass is 9.84. The van der Waals surface area contributed by atoms with Gasteiger partial charge in [0.25, 0.3) is 0 Å². The Morgan fingerprint density at radius 3 is 2.52 bits per heavy atom. The fraction of sp³-hybridized carbons (Fsp3) is 0.438. The summed E-state index contributed by atoms with van der Waals surface area (Å²) in [5.41, 5.74) is 0.573. The van der Waals surface area contributed by atoms with Crippen molar-refractivity contribution in [3.8, 4) is 0 Å². The lowest BCUT2D eigenvalue weighted by Gasteiger charge is -2.21. The number of benzene rings is 1. The van der Waals surface area contributed by atoms with Crippen LogP contribution < -0.4 is 4.90 Å². The summed E-state index contributed by atoms with van der Waals surface area (Å²) in [5, 5.41) is 9.18. The number of hydrogen-bond donors (Lipinski definition) is 1. The predicted molar refractivity (Wildman–Crippen MR) is 76.1 cm³/mol. The van der Waals surface area contributed by atoms with Gasteiger partial charge in [-0.05, 0) is 37.5 Å². The monoisotopic (exact) mass is 287 g/mol. The van der Waals surface area contributed by atoms with E-state index in [1.807, 2.05) is 0 Å². The zero-order valence-corrected chi connectivity index (χ0v) is 11.9. The summed E-state index contributed by atoms with van der Waals surface area (Å²) in [6, 6.07) is 4.70. The number of anilines is 1. The van der Waals surface area contributed by atoms with Gasteiger partial charge in [-0.15, -0.1) is 0 Å². The number of amides is 2. The van der Waals surface area contributed by atoms with E-state index in [9.17, 15) is 19.5 Å². The molecule has 0 radical (unpaired) electrons. The minimum absolute atomic E-state index is 0.125. The van der Waals surface area contributed by atoms with Crippen molar-refractivity contribution in [2.75, 3.05) is 4.90 Å². The molecule has 1 aliphatic carbocycles. The maximum Gasteiger partial charge on any atom is 0.336 e. The van der Waals surface area contributed by atoms with E-state index < -0.39 is 11.4 Å². The van der Waals surface area contributed by atoms with Gasteiger partial charge in [0.1, 0.15) is 0 Å². The first kappa shape index (κ1) is 13.8. The molecule has 1 saturated carbocycles. The molecule has 0 bridgehead atoms. The molecule has 21 heavy (non-hydrogen) atoms. The third-order valence-electron chi connectivity index (χ3n) is 4.67. The highest BCUT2D eigenvalue weighted by atomic mass is 16.4. The van der Waals surface area contributed by atoms with Crippen molar-refractivity contribution in [2.24, 2.45) is 5.41 Å². The van der Waals surface area contributed by atoms with E-state index >= 15 is 0 Å². The number of hydrogen-bond acceptors (Lipinski definition) is 3. The van der Waals surface area contributed by atoms with Crippen LogP contribution in [0.25, 0.3) is 0 Å². The van der Waals surface area contributed by atoms with Crippen LogP contribution in [-0.2, 0) is 9.59 Å². The molecule has 1 N–H and O–H groups in total. The Morgan fingerprint density at radius 1 is 1.24 bits per heavy atom. The topological polar surface area (TPSA) is 74.7 Å². The van der Waals surface area contributed by atoms with Crippen LogP contribution in [0, 0.1) is 12.3 Å². The quantitative estimate of drug-likeness (QED) is 0.848. The summed E-state index contributed by atoms with van der Waals surface area (Å²) in [4.78, 5) is 37.3. The van der Waals surface area contributed by atoms with Crippen LogP contribution in [0.5, 0.6) is 0 Å². The van der Waals surface area contributed by atoms with Crippen LogP contribution in [0.4, 0.5) is 5.69 Å². The molecule has 2 fully saturated rings.